The molecule has 4 N–H and O–H groups in total. The minimum absolute atomic E-state index is 0.247. The van der Waals surface area contributed by atoms with Crippen LogP contribution in [0.3, 0.4) is 0 Å². The number of fused-ring (bicyclic) bond motifs is 1. The smallest absolute Gasteiger partial charge is 0.279 e. The Balaban J connectivity index is 2.45. The van der Waals surface area contributed by atoms with Gasteiger partial charge in [-0.25, -0.2) is 0 Å². The van der Waals surface area contributed by atoms with E-state index in [0.717, 1.165) is 16.9 Å². The van der Waals surface area contributed by atoms with Gasteiger partial charge >= 0.3 is 0 Å². The molecule has 0 aromatic heterocycles. The maximum Gasteiger partial charge on any atom is 0.279 e. The van der Waals surface area contributed by atoms with Gasteiger partial charge in [0.15, 0.2) is 5.96 Å². The van der Waals surface area contributed by atoms with Crippen LogP contribution in [0.5, 0.6) is 5.75 Å². The van der Waals surface area contributed by atoms with Crippen molar-refractivity contribution < 1.29 is 9.53 Å². The third kappa shape index (κ3) is 2.20. The maximum absolute atomic E-state index is 11.8. The molecule has 0 radical (unpaired) electrons. The first-order valence-corrected chi connectivity index (χ1v) is 5.61. The van der Waals surface area contributed by atoms with E-state index in [0.29, 0.717) is 5.57 Å². The number of nitrogens with zero attached hydrogens (tertiary/aromatic N) is 1. The van der Waals surface area contributed by atoms with Crippen molar-refractivity contribution in [3.8, 4) is 5.75 Å². The summed E-state index contributed by atoms with van der Waals surface area (Å²) >= 11 is 0. The standard InChI is InChI=1S/C13H15N3O2/c1-7-4-3-5-9-6-10(8(2)18-11(7)9)12(17)16-13(14)15/h3-6,8H,1-2H3,(H4,14,15,16,17). The van der Waals surface area contributed by atoms with E-state index in [1.807, 2.05) is 25.1 Å². The number of ether oxygens (including phenoxy) is 1. The van der Waals surface area contributed by atoms with E-state index in [1.165, 1.54) is 0 Å². The number of aryl methyl sites for hydroxylation is 1. The van der Waals surface area contributed by atoms with Crippen LogP contribution >= 0.6 is 0 Å². The number of hydrogen-bond donors (Lipinski definition) is 2. The molecule has 1 amide bonds. The highest BCUT2D eigenvalue weighted by Gasteiger charge is 2.24. The molecule has 1 aromatic rings. The molecule has 1 heterocycles. The minimum Gasteiger partial charge on any atom is -0.485 e. The molecule has 5 heteroatoms. The molecule has 0 saturated heterocycles. The lowest BCUT2D eigenvalue weighted by Crippen LogP contribution is -2.28. The normalized spacial score (nSPS) is 17.2. The van der Waals surface area contributed by atoms with Crippen LogP contribution in [0, 0.1) is 6.92 Å². The van der Waals surface area contributed by atoms with Crippen molar-refractivity contribution in [1.82, 2.24) is 0 Å². The summed E-state index contributed by atoms with van der Waals surface area (Å²) in [6.45, 7) is 3.75. The van der Waals surface area contributed by atoms with Crippen LogP contribution < -0.4 is 16.2 Å². The van der Waals surface area contributed by atoms with E-state index in [2.05, 4.69) is 4.99 Å². The molecule has 0 spiro atoms. The third-order valence-corrected chi connectivity index (χ3v) is 2.76. The molecule has 2 rings (SSSR count). The molecule has 1 atom stereocenters. The highest BCUT2D eigenvalue weighted by molar-refractivity contribution is 6.05. The van der Waals surface area contributed by atoms with Crippen molar-refractivity contribution in [2.45, 2.75) is 20.0 Å². The Bertz CT molecular complexity index is 557. The van der Waals surface area contributed by atoms with Crippen molar-refractivity contribution >= 4 is 17.9 Å². The summed E-state index contributed by atoms with van der Waals surface area (Å²) in [6, 6.07) is 5.76. The summed E-state index contributed by atoms with van der Waals surface area (Å²) in [5.41, 5.74) is 12.7. The quantitative estimate of drug-likeness (QED) is 0.569. The van der Waals surface area contributed by atoms with Gasteiger partial charge in [0.2, 0.25) is 0 Å². The van der Waals surface area contributed by atoms with Crippen LogP contribution in [-0.4, -0.2) is 18.0 Å². The fourth-order valence-electron chi connectivity index (χ4n) is 1.89. The molecule has 1 aliphatic rings. The van der Waals surface area contributed by atoms with Crippen LogP contribution in [-0.2, 0) is 4.79 Å². The monoisotopic (exact) mass is 245 g/mol. The van der Waals surface area contributed by atoms with Gasteiger partial charge in [-0.3, -0.25) is 4.79 Å². The number of amides is 1. The van der Waals surface area contributed by atoms with Gasteiger partial charge in [-0.1, -0.05) is 18.2 Å². The van der Waals surface area contributed by atoms with E-state index < -0.39 is 5.91 Å². The fourth-order valence-corrected chi connectivity index (χ4v) is 1.89. The summed E-state index contributed by atoms with van der Waals surface area (Å²) in [5, 5.41) is 0. The second kappa shape index (κ2) is 4.52. The molecule has 1 aromatic carbocycles. The molecule has 0 saturated carbocycles. The summed E-state index contributed by atoms with van der Waals surface area (Å²) in [4.78, 5) is 15.3. The topological polar surface area (TPSA) is 90.7 Å². The lowest BCUT2D eigenvalue weighted by atomic mass is 10.00. The Morgan fingerprint density at radius 2 is 2.11 bits per heavy atom. The van der Waals surface area contributed by atoms with Crippen molar-refractivity contribution in [3.63, 3.8) is 0 Å². The van der Waals surface area contributed by atoms with E-state index in [4.69, 9.17) is 16.2 Å². The van der Waals surface area contributed by atoms with Crippen molar-refractivity contribution in [3.05, 3.63) is 34.9 Å². The number of carbonyl (C=O) groups excluding carboxylic acids is 1. The van der Waals surface area contributed by atoms with E-state index in [9.17, 15) is 4.79 Å². The molecule has 5 nitrogen and oxygen atoms in total. The summed E-state index contributed by atoms with van der Waals surface area (Å²) in [7, 11) is 0. The van der Waals surface area contributed by atoms with E-state index in [1.54, 1.807) is 13.0 Å². The number of benzene rings is 1. The molecule has 1 aliphatic heterocycles. The summed E-state index contributed by atoms with van der Waals surface area (Å²) in [6.07, 6.45) is 1.40. The van der Waals surface area contributed by atoms with Gasteiger partial charge in [-0.2, -0.15) is 4.99 Å². The van der Waals surface area contributed by atoms with Crippen molar-refractivity contribution in [2.24, 2.45) is 16.5 Å². The second-order valence-electron chi connectivity index (χ2n) is 4.19. The maximum atomic E-state index is 11.8. The Hall–Kier alpha value is -2.30. The van der Waals surface area contributed by atoms with Gasteiger partial charge in [0, 0.05) is 5.56 Å². The number of hydrogen-bond acceptors (Lipinski definition) is 2. The van der Waals surface area contributed by atoms with E-state index >= 15 is 0 Å². The van der Waals surface area contributed by atoms with Gasteiger partial charge < -0.3 is 16.2 Å². The van der Waals surface area contributed by atoms with Crippen LogP contribution in [0.2, 0.25) is 0 Å². The Labute approximate surface area is 105 Å². The number of para-hydroxylation sites is 1. The van der Waals surface area contributed by atoms with Crippen LogP contribution in [0.4, 0.5) is 0 Å². The Kier molecular flexibility index (Phi) is 3.06. The molecule has 0 aliphatic carbocycles. The summed E-state index contributed by atoms with van der Waals surface area (Å²) in [5.74, 6) is 0.0871. The lowest BCUT2D eigenvalue weighted by Gasteiger charge is -2.24. The highest BCUT2D eigenvalue weighted by Crippen LogP contribution is 2.32. The van der Waals surface area contributed by atoms with Crippen molar-refractivity contribution in [1.29, 1.82) is 0 Å². The largest absolute Gasteiger partial charge is 0.485 e. The van der Waals surface area contributed by atoms with Gasteiger partial charge in [0.1, 0.15) is 11.9 Å². The minimum atomic E-state index is -0.463. The number of nitrogens with two attached hydrogens (primary N) is 2. The fraction of sp³-hybridized carbons (Fsp3) is 0.231. The molecule has 18 heavy (non-hydrogen) atoms. The zero-order chi connectivity index (χ0) is 13.3. The van der Waals surface area contributed by atoms with Crippen LogP contribution in [0.25, 0.3) is 6.08 Å². The average Bonchev–Trinajstić information content (AvgIpc) is 2.28. The molecule has 94 valence electrons. The molecule has 0 fully saturated rings. The van der Waals surface area contributed by atoms with Crippen LogP contribution in [0.15, 0.2) is 28.8 Å². The SMILES string of the molecule is Cc1cccc2c1OC(C)C(C(=O)N=C(N)N)=C2. The zero-order valence-electron chi connectivity index (χ0n) is 10.3. The molecular formula is C13H15N3O2. The Morgan fingerprint density at radius 1 is 1.39 bits per heavy atom. The number of aliphatic imine (C=N–C) groups is 1. The van der Waals surface area contributed by atoms with E-state index in [-0.39, 0.29) is 12.1 Å². The Morgan fingerprint density at radius 3 is 2.78 bits per heavy atom. The highest BCUT2D eigenvalue weighted by atomic mass is 16.5. The number of rotatable bonds is 1. The predicted octanol–water partition coefficient (Wildman–Crippen LogP) is 0.959. The molecule has 1 unspecified atom stereocenters. The zero-order valence-corrected chi connectivity index (χ0v) is 10.3. The molecule has 0 bridgehead atoms. The average molecular weight is 245 g/mol. The van der Waals surface area contributed by atoms with Gasteiger partial charge in [0.25, 0.3) is 5.91 Å². The number of guanidine groups is 1. The van der Waals surface area contributed by atoms with Gasteiger partial charge in [0.05, 0.1) is 5.57 Å². The van der Waals surface area contributed by atoms with Crippen LogP contribution in [0.1, 0.15) is 18.1 Å². The van der Waals surface area contributed by atoms with Crippen molar-refractivity contribution in [2.75, 3.05) is 0 Å². The molecular weight excluding hydrogens is 230 g/mol. The summed E-state index contributed by atoms with van der Waals surface area (Å²) < 4.78 is 5.74. The lowest BCUT2D eigenvalue weighted by molar-refractivity contribution is -0.115. The number of carbonyl (C=O) groups is 1. The van der Waals surface area contributed by atoms with Gasteiger partial charge in [-0.15, -0.1) is 0 Å². The predicted molar refractivity (Wildman–Crippen MR) is 70.1 cm³/mol. The first kappa shape index (κ1) is 12.2. The van der Waals surface area contributed by atoms with Gasteiger partial charge in [-0.05, 0) is 25.5 Å². The first-order valence-electron chi connectivity index (χ1n) is 5.61. The second-order valence-corrected chi connectivity index (χ2v) is 4.19. The third-order valence-electron chi connectivity index (χ3n) is 2.76. The first-order chi connectivity index (χ1) is 8.49.